The normalized spacial score (nSPS) is 16.2. The van der Waals surface area contributed by atoms with Crippen LogP contribution in [0.15, 0.2) is 36.4 Å². The first-order valence-electron chi connectivity index (χ1n) is 9.53. The molecule has 3 nitrogen and oxygen atoms in total. The molecule has 2 aromatic carbocycles. The molecule has 156 valence electrons. The summed E-state index contributed by atoms with van der Waals surface area (Å²) in [6, 6.07) is 9.69. The van der Waals surface area contributed by atoms with Crippen molar-refractivity contribution in [1.82, 2.24) is 9.80 Å². The maximum atomic E-state index is 13.7. The highest BCUT2D eigenvalue weighted by molar-refractivity contribution is 14.1. The van der Waals surface area contributed by atoms with Crippen LogP contribution >= 0.6 is 22.6 Å². The van der Waals surface area contributed by atoms with Crippen molar-refractivity contribution in [3.8, 4) is 0 Å². The quantitative estimate of drug-likeness (QED) is 0.422. The number of hydrogen-bond acceptors (Lipinski definition) is 3. The lowest BCUT2D eigenvalue weighted by Gasteiger charge is -2.33. The molecule has 3 rings (SSSR count). The molecule has 1 fully saturated rings. The van der Waals surface area contributed by atoms with Gasteiger partial charge < -0.3 is 4.90 Å². The minimum Gasteiger partial charge on any atom is -0.304 e. The van der Waals surface area contributed by atoms with Gasteiger partial charge in [0.1, 0.15) is 0 Å². The van der Waals surface area contributed by atoms with Crippen LogP contribution in [-0.4, -0.2) is 48.8 Å². The van der Waals surface area contributed by atoms with Crippen LogP contribution in [-0.2, 0) is 19.1 Å². The van der Waals surface area contributed by atoms with Gasteiger partial charge in [0, 0.05) is 48.3 Å². The predicted octanol–water partition coefficient (Wildman–Crippen LogP) is 4.79. The highest BCUT2D eigenvalue weighted by Crippen LogP contribution is 2.34. The fourth-order valence-corrected chi connectivity index (χ4v) is 3.95. The van der Waals surface area contributed by atoms with Gasteiger partial charge in [-0.3, -0.25) is 9.69 Å². The van der Waals surface area contributed by atoms with Crippen LogP contribution < -0.4 is 0 Å². The minimum absolute atomic E-state index is 0.0446. The Kier molecular flexibility index (Phi) is 7.01. The Morgan fingerprint density at radius 2 is 1.76 bits per heavy atom. The van der Waals surface area contributed by atoms with Crippen LogP contribution in [0.2, 0.25) is 0 Å². The van der Waals surface area contributed by atoms with E-state index in [-0.39, 0.29) is 24.3 Å². The van der Waals surface area contributed by atoms with E-state index in [1.54, 1.807) is 18.2 Å². The smallest absolute Gasteiger partial charge is 0.304 e. The Morgan fingerprint density at radius 1 is 1.07 bits per heavy atom. The molecule has 7 heteroatoms. The van der Waals surface area contributed by atoms with E-state index in [1.165, 1.54) is 6.07 Å². The summed E-state index contributed by atoms with van der Waals surface area (Å²) in [4.78, 5) is 16.8. The number of benzene rings is 2. The predicted molar refractivity (Wildman–Crippen MR) is 116 cm³/mol. The number of aryl methyl sites for hydroxylation is 1. The average molecular weight is 516 g/mol. The number of halogens is 4. The van der Waals surface area contributed by atoms with Gasteiger partial charge in [-0.2, -0.15) is 13.2 Å². The molecule has 1 heterocycles. The van der Waals surface area contributed by atoms with E-state index in [1.807, 2.05) is 24.9 Å². The van der Waals surface area contributed by atoms with E-state index in [0.29, 0.717) is 11.1 Å². The number of carbonyl (C=O) groups is 1. The number of piperazine rings is 1. The molecule has 0 aliphatic carbocycles. The van der Waals surface area contributed by atoms with Crippen LogP contribution in [0.4, 0.5) is 13.2 Å². The van der Waals surface area contributed by atoms with Crippen molar-refractivity contribution >= 4 is 28.4 Å². The maximum absolute atomic E-state index is 13.7. The number of hydrogen-bond donors (Lipinski definition) is 0. The molecule has 0 radical (unpaired) electrons. The third-order valence-corrected chi connectivity index (χ3v) is 6.49. The van der Waals surface area contributed by atoms with Crippen molar-refractivity contribution in [3.05, 3.63) is 67.8 Å². The van der Waals surface area contributed by atoms with Crippen molar-refractivity contribution in [3.63, 3.8) is 0 Å². The Hall–Kier alpha value is -1.45. The van der Waals surface area contributed by atoms with E-state index >= 15 is 0 Å². The molecular weight excluding hydrogens is 492 g/mol. The molecule has 2 aromatic rings. The lowest BCUT2D eigenvalue weighted by Crippen LogP contribution is -2.44. The topological polar surface area (TPSA) is 23.6 Å². The van der Waals surface area contributed by atoms with Gasteiger partial charge in [0.15, 0.2) is 5.78 Å². The summed E-state index contributed by atoms with van der Waals surface area (Å²) in [6.45, 7) is 5.42. The number of alkyl halides is 3. The van der Waals surface area contributed by atoms with E-state index in [2.05, 4.69) is 27.5 Å². The van der Waals surface area contributed by atoms with Gasteiger partial charge in [-0.1, -0.05) is 24.3 Å². The second-order valence-electron chi connectivity index (χ2n) is 7.63. The van der Waals surface area contributed by atoms with Crippen molar-refractivity contribution in [2.24, 2.45) is 0 Å². The molecule has 0 saturated carbocycles. The molecule has 0 unspecified atom stereocenters. The fraction of sp³-hybridized carbons (Fsp3) is 0.409. The Morgan fingerprint density at radius 3 is 2.38 bits per heavy atom. The molecule has 0 aromatic heterocycles. The first kappa shape index (κ1) is 22.2. The van der Waals surface area contributed by atoms with Gasteiger partial charge in [0.05, 0.1) is 5.56 Å². The fourth-order valence-electron chi connectivity index (χ4n) is 3.44. The highest BCUT2D eigenvalue weighted by atomic mass is 127. The van der Waals surface area contributed by atoms with Crippen LogP contribution in [0.3, 0.4) is 0 Å². The van der Waals surface area contributed by atoms with E-state index in [9.17, 15) is 18.0 Å². The SMILES string of the molecule is Cc1ccc(C(=O)Cc2ccc(CN3CCN(C)CC3)c(C(F)(F)F)c2)cc1I. The Balaban J connectivity index is 1.79. The molecule has 29 heavy (non-hydrogen) atoms. The molecule has 0 atom stereocenters. The van der Waals surface area contributed by atoms with E-state index < -0.39 is 11.7 Å². The second-order valence-corrected chi connectivity index (χ2v) is 8.79. The van der Waals surface area contributed by atoms with Gasteiger partial charge in [-0.05, 0) is 65.4 Å². The average Bonchev–Trinajstić information content (AvgIpc) is 2.66. The van der Waals surface area contributed by atoms with Crippen molar-refractivity contribution in [2.75, 3.05) is 33.2 Å². The zero-order chi connectivity index (χ0) is 21.2. The number of carbonyl (C=O) groups excluding carboxylic acids is 1. The third-order valence-electron chi connectivity index (χ3n) is 5.33. The van der Waals surface area contributed by atoms with Crippen LogP contribution in [0.25, 0.3) is 0 Å². The highest BCUT2D eigenvalue weighted by Gasteiger charge is 2.34. The summed E-state index contributed by atoms with van der Waals surface area (Å²) >= 11 is 2.15. The number of ketones is 1. The molecule has 0 bridgehead atoms. The molecule has 0 N–H and O–H groups in total. The summed E-state index contributed by atoms with van der Waals surface area (Å²) in [5.41, 5.74) is 1.60. The zero-order valence-electron chi connectivity index (χ0n) is 16.5. The van der Waals surface area contributed by atoms with Crippen LogP contribution in [0, 0.1) is 10.5 Å². The Labute approximate surface area is 183 Å². The van der Waals surface area contributed by atoms with Crippen LogP contribution in [0.1, 0.15) is 32.6 Å². The van der Waals surface area contributed by atoms with Gasteiger partial charge >= 0.3 is 6.18 Å². The first-order chi connectivity index (χ1) is 13.6. The molecule has 1 saturated heterocycles. The molecular formula is C22H24F3IN2O. The van der Waals surface area contributed by atoms with Crippen LogP contribution in [0.5, 0.6) is 0 Å². The van der Waals surface area contributed by atoms with Gasteiger partial charge in [0.25, 0.3) is 0 Å². The van der Waals surface area contributed by atoms with Gasteiger partial charge in [-0.25, -0.2) is 0 Å². The lowest BCUT2D eigenvalue weighted by molar-refractivity contribution is -0.138. The van der Waals surface area contributed by atoms with Crippen molar-refractivity contribution in [2.45, 2.75) is 26.1 Å². The summed E-state index contributed by atoms with van der Waals surface area (Å²) in [7, 11) is 2.01. The third kappa shape index (κ3) is 5.79. The summed E-state index contributed by atoms with van der Waals surface area (Å²) in [5.74, 6) is -0.178. The minimum atomic E-state index is -4.44. The van der Waals surface area contributed by atoms with E-state index in [4.69, 9.17) is 0 Å². The number of nitrogens with zero attached hydrogens (tertiary/aromatic N) is 2. The largest absolute Gasteiger partial charge is 0.416 e. The van der Waals surface area contributed by atoms with Crippen molar-refractivity contribution < 1.29 is 18.0 Å². The monoisotopic (exact) mass is 516 g/mol. The summed E-state index contributed by atoms with van der Waals surface area (Å²) < 4.78 is 42.0. The standard InChI is InChI=1S/C22H24F3IN2O/c1-15-3-5-17(13-20(15)26)21(29)12-16-4-6-18(19(11-16)22(23,24)25)14-28-9-7-27(2)8-10-28/h3-6,11,13H,7-10,12,14H2,1-2H3. The number of likely N-dealkylation sites (N-methyl/N-ethyl adjacent to an activating group) is 1. The zero-order valence-corrected chi connectivity index (χ0v) is 18.7. The van der Waals surface area contributed by atoms with Gasteiger partial charge in [0.2, 0.25) is 0 Å². The molecule has 0 spiro atoms. The Bertz CT molecular complexity index is 890. The molecule has 1 aliphatic heterocycles. The van der Waals surface area contributed by atoms with E-state index in [0.717, 1.165) is 41.4 Å². The summed E-state index contributed by atoms with van der Waals surface area (Å²) in [5, 5.41) is 0. The lowest BCUT2D eigenvalue weighted by atomic mass is 9.97. The number of Topliss-reactive ketones (excluding diaryl/α,β-unsaturated/α-hetero) is 1. The molecule has 1 aliphatic rings. The number of rotatable bonds is 5. The van der Waals surface area contributed by atoms with Crippen molar-refractivity contribution in [1.29, 1.82) is 0 Å². The first-order valence-corrected chi connectivity index (χ1v) is 10.6. The second kappa shape index (κ2) is 9.14. The summed E-state index contributed by atoms with van der Waals surface area (Å²) in [6.07, 6.45) is -4.49. The molecule has 0 amide bonds. The van der Waals surface area contributed by atoms with Gasteiger partial charge in [-0.15, -0.1) is 0 Å². The maximum Gasteiger partial charge on any atom is 0.416 e.